The first kappa shape index (κ1) is 13.7. The van der Waals surface area contributed by atoms with E-state index in [4.69, 9.17) is 5.73 Å². The van der Waals surface area contributed by atoms with Crippen molar-refractivity contribution in [2.24, 2.45) is 0 Å². The fourth-order valence-electron chi connectivity index (χ4n) is 3.12. The lowest BCUT2D eigenvalue weighted by Gasteiger charge is -2.02. The van der Waals surface area contributed by atoms with Crippen molar-refractivity contribution in [1.29, 1.82) is 0 Å². The summed E-state index contributed by atoms with van der Waals surface area (Å²) < 4.78 is 0. The number of fused-ring (bicyclic) bond motifs is 2. The number of H-pyrrole nitrogens is 2. The number of anilines is 1. The zero-order chi connectivity index (χ0) is 16.8. The molecular formula is C19H14N6. The van der Waals surface area contributed by atoms with Gasteiger partial charge < -0.3 is 15.7 Å². The van der Waals surface area contributed by atoms with Crippen molar-refractivity contribution >= 4 is 27.9 Å². The Bertz CT molecular complexity index is 1180. The molecule has 6 nitrogen and oxygen atoms in total. The molecule has 0 amide bonds. The highest BCUT2D eigenvalue weighted by atomic mass is 15.0. The SMILES string of the molecule is Nc1nccc(-c2c[nH]c3ncc(-c4cc5ccccc5[nH]4)cc23)n1. The van der Waals surface area contributed by atoms with E-state index in [0.29, 0.717) is 0 Å². The summed E-state index contributed by atoms with van der Waals surface area (Å²) in [6.07, 6.45) is 5.42. The molecule has 6 heteroatoms. The van der Waals surface area contributed by atoms with E-state index in [0.717, 1.165) is 39.1 Å². The van der Waals surface area contributed by atoms with Crippen molar-refractivity contribution in [3.8, 4) is 22.5 Å². The molecule has 120 valence electrons. The van der Waals surface area contributed by atoms with Gasteiger partial charge in [-0.25, -0.2) is 15.0 Å². The molecule has 0 fully saturated rings. The number of nitrogens with one attached hydrogen (secondary N) is 2. The predicted molar refractivity (Wildman–Crippen MR) is 98.8 cm³/mol. The third-order valence-electron chi connectivity index (χ3n) is 4.32. The molecule has 4 heterocycles. The molecule has 0 radical (unpaired) electrons. The predicted octanol–water partition coefficient (Wildman–Crippen LogP) is 3.75. The van der Waals surface area contributed by atoms with Gasteiger partial charge in [0.25, 0.3) is 0 Å². The van der Waals surface area contributed by atoms with E-state index < -0.39 is 0 Å². The zero-order valence-electron chi connectivity index (χ0n) is 13.2. The number of rotatable bonds is 2. The van der Waals surface area contributed by atoms with Crippen LogP contribution < -0.4 is 5.73 Å². The third-order valence-corrected chi connectivity index (χ3v) is 4.32. The van der Waals surface area contributed by atoms with Crippen molar-refractivity contribution in [2.75, 3.05) is 5.73 Å². The van der Waals surface area contributed by atoms with Gasteiger partial charge in [-0.1, -0.05) is 18.2 Å². The molecule has 4 aromatic heterocycles. The molecule has 0 spiro atoms. The summed E-state index contributed by atoms with van der Waals surface area (Å²) in [7, 11) is 0. The molecule has 5 aromatic rings. The largest absolute Gasteiger partial charge is 0.368 e. The number of hydrogen-bond acceptors (Lipinski definition) is 4. The first-order valence-corrected chi connectivity index (χ1v) is 7.92. The number of nitrogen functional groups attached to an aromatic ring is 1. The van der Waals surface area contributed by atoms with E-state index in [2.05, 4.69) is 49.2 Å². The second kappa shape index (κ2) is 5.17. The van der Waals surface area contributed by atoms with Gasteiger partial charge in [0, 0.05) is 51.7 Å². The van der Waals surface area contributed by atoms with Gasteiger partial charge in [0.15, 0.2) is 0 Å². The number of nitrogens with zero attached hydrogens (tertiary/aromatic N) is 3. The van der Waals surface area contributed by atoms with Crippen molar-refractivity contribution in [1.82, 2.24) is 24.9 Å². The number of nitrogens with two attached hydrogens (primary N) is 1. The summed E-state index contributed by atoms with van der Waals surface area (Å²) >= 11 is 0. The van der Waals surface area contributed by atoms with Gasteiger partial charge in [-0.3, -0.25) is 0 Å². The fraction of sp³-hybridized carbons (Fsp3) is 0. The van der Waals surface area contributed by atoms with E-state index in [1.54, 1.807) is 6.20 Å². The fourth-order valence-corrected chi connectivity index (χ4v) is 3.12. The summed E-state index contributed by atoms with van der Waals surface area (Å²) in [4.78, 5) is 19.4. The maximum atomic E-state index is 5.72. The van der Waals surface area contributed by atoms with Crippen LogP contribution in [0, 0.1) is 0 Å². The molecular weight excluding hydrogens is 312 g/mol. The van der Waals surface area contributed by atoms with Gasteiger partial charge in [-0.2, -0.15) is 0 Å². The number of benzene rings is 1. The molecule has 0 saturated heterocycles. The quantitative estimate of drug-likeness (QED) is 0.460. The van der Waals surface area contributed by atoms with Crippen LogP contribution in [0.5, 0.6) is 0 Å². The molecule has 25 heavy (non-hydrogen) atoms. The zero-order valence-corrected chi connectivity index (χ0v) is 13.2. The average Bonchev–Trinajstić information content (AvgIpc) is 3.25. The summed E-state index contributed by atoms with van der Waals surface area (Å²) in [5.74, 6) is 0.256. The Labute approximate surface area is 142 Å². The smallest absolute Gasteiger partial charge is 0.220 e. The summed E-state index contributed by atoms with van der Waals surface area (Å²) in [6.45, 7) is 0. The van der Waals surface area contributed by atoms with Crippen molar-refractivity contribution in [3.63, 3.8) is 0 Å². The molecule has 4 N–H and O–H groups in total. The van der Waals surface area contributed by atoms with Crippen LogP contribution in [0.3, 0.4) is 0 Å². The van der Waals surface area contributed by atoms with Crippen molar-refractivity contribution in [2.45, 2.75) is 0 Å². The Hall–Kier alpha value is -3.67. The molecule has 5 rings (SSSR count). The molecule has 0 bridgehead atoms. The first-order chi connectivity index (χ1) is 12.3. The third kappa shape index (κ3) is 2.23. The summed E-state index contributed by atoms with van der Waals surface area (Å²) in [5.41, 5.74) is 11.4. The Morgan fingerprint density at radius 2 is 1.92 bits per heavy atom. The Morgan fingerprint density at radius 1 is 1.00 bits per heavy atom. The van der Waals surface area contributed by atoms with Crippen LogP contribution in [-0.2, 0) is 0 Å². The van der Waals surface area contributed by atoms with Crippen LogP contribution in [0.15, 0.2) is 61.1 Å². The second-order valence-electron chi connectivity index (χ2n) is 5.89. The minimum Gasteiger partial charge on any atom is -0.368 e. The molecule has 0 atom stereocenters. The Kier molecular flexibility index (Phi) is 2.84. The number of aromatic amines is 2. The maximum absolute atomic E-state index is 5.72. The van der Waals surface area contributed by atoms with E-state index in [-0.39, 0.29) is 5.95 Å². The van der Waals surface area contributed by atoms with Crippen LogP contribution in [0.25, 0.3) is 44.5 Å². The van der Waals surface area contributed by atoms with Crippen LogP contribution in [-0.4, -0.2) is 24.9 Å². The van der Waals surface area contributed by atoms with Crippen molar-refractivity contribution in [3.05, 3.63) is 61.1 Å². The topological polar surface area (TPSA) is 96.3 Å². The Morgan fingerprint density at radius 3 is 2.80 bits per heavy atom. The molecule has 0 saturated carbocycles. The van der Waals surface area contributed by atoms with Gasteiger partial charge in [0.05, 0.1) is 5.69 Å². The lowest BCUT2D eigenvalue weighted by molar-refractivity contribution is 1.19. The minimum absolute atomic E-state index is 0.256. The average molecular weight is 326 g/mol. The van der Waals surface area contributed by atoms with E-state index >= 15 is 0 Å². The number of hydrogen-bond donors (Lipinski definition) is 3. The van der Waals surface area contributed by atoms with Crippen LogP contribution >= 0.6 is 0 Å². The molecule has 0 aliphatic carbocycles. The standard InChI is InChI=1S/C19H14N6/c20-19-21-6-5-16(25-19)14-10-23-18-13(14)7-12(9-22-18)17-8-11-3-1-2-4-15(11)24-17/h1-10,24H,(H,22,23)(H2,20,21,25). The highest BCUT2D eigenvalue weighted by Gasteiger charge is 2.11. The van der Waals surface area contributed by atoms with E-state index in [9.17, 15) is 0 Å². The van der Waals surface area contributed by atoms with Gasteiger partial charge in [-0.05, 0) is 24.3 Å². The Balaban J connectivity index is 1.69. The maximum Gasteiger partial charge on any atom is 0.220 e. The lowest BCUT2D eigenvalue weighted by Crippen LogP contribution is -1.94. The second-order valence-corrected chi connectivity index (χ2v) is 5.89. The van der Waals surface area contributed by atoms with E-state index in [1.165, 1.54) is 5.39 Å². The molecule has 0 unspecified atom stereocenters. The van der Waals surface area contributed by atoms with Gasteiger partial charge in [-0.15, -0.1) is 0 Å². The molecule has 0 aliphatic heterocycles. The number of pyridine rings is 1. The van der Waals surface area contributed by atoms with Gasteiger partial charge in [0.1, 0.15) is 5.65 Å². The van der Waals surface area contributed by atoms with Gasteiger partial charge >= 0.3 is 0 Å². The normalized spacial score (nSPS) is 11.4. The van der Waals surface area contributed by atoms with Crippen molar-refractivity contribution < 1.29 is 0 Å². The van der Waals surface area contributed by atoms with Crippen LogP contribution in [0.4, 0.5) is 5.95 Å². The minimum atomic E-state index is 0.256. The molecule has 0 aliphatic rings. The van der Waals surface area contributed by atoms with Crippen LogP contribution in [0.2, 0.25) is 0 Å². The highest BCUT2D eigenvalue weighted by Crippen LogP contribution is 2.31. The lowest BCUT2D eigenvalue weighted by atomic mass is 10.1. The number of aromatic nitrogens is 5. The summed E-state index contributed by atoms with van der Waals surface area (Å²) in [6, 6.07) is 14.3. The highest BCUT2D eigenvalue weighted by molar-refractivity contribution is 5.95. The summed E-state index contributed by atoms with van der Waals surface area (Å²) in [5, 5.41) is 2.17. The van der Waals surface area contributed by atoms with E-state index in [1.807, 2.05) is 30.6 Å². The molecule has 1 aromatic carbocycles. The van der Waals surface area contributed by atoms with Gasteiger partial charge in [0.2, 0.25) is 5.95 Å². The van der Waals surface area contributed by atoms with Crippen LogP contribution in [0.1, 0.15) is 0 Å². The number of para-hydroxylation sites is 1. The monoisotopic (exact) mass is 326 g/mol. The first-order valence-electron chi connectivity index (χ1n) is 7.92.